The maximum atomic E-state index is 5.80. The first-order chi connectivity index (χ1) is 8.81. The van der Waals surface area contributed by atoms with E-state index in [4.69, 9.17) is 11.6 Å². The number of pyridine rings is 1. The van der Waals surface area contributed by atoms with E-state index in [9.17, 15) is 0 Å². The first-order valence-electron chi connectivity index (χ1n) is 5.36. The van der Waals surface area contributed by atoms with Gasteiger partial charge in [-0.15, -0.1) is 11.3 Å². The number of thiazole rings is 1. The van der Waals surface area contributed by atoms with Gasteiger partial charge in [0.1, 0.15) is 0 Å². The first-order valence-corrected chi connectivity index (χ1v) is 6.56. The van der Waals surface area contributed by atoms with Crippen LogP contribution in [0.4, 0.5) is 0 Å². The molecule has 3 rings (SSSR count). The Morgan fingerprint density at radius 3 is 2.78 bits per heavy atom. The average molecular weight is 277 g/mol. The van der Waals surface area contributed by atoms with Gasteiger partial charge in [-0.1, -0.05) is 17.7 Å². The van der Waals surface area contributed by atoms with Crippen molar-refractivity contribution in [2.75, 3.05) is 0 Å². The molecular weight excluding hydrogens is 268 g/mol. The van der Waals surface area contributed by atoms with Crippen LogP contribution in [0.1, 0.15) is 10.4 Å². The second-order valence-corrected chi connectivity index (χ2v) is 5.43. The lowest BCUT2D eigenvalue weighted by Gasteiger charge is -2.02. The van der Waals surface area contributed by atoms with E-state index in [2.05, 4.69) is 15.1 Å². The van der Waals surface area contributed by atoms with Crippen molar-refractivity contribution in [3.63, 3.8) is 0 Å². The zero-order valence-electron chi connectivity index (χ0n) is 9.32. The van der Waals surface area contributed by atoms with Gasteiger partial charge in [0.05, 0.1) is 0 Å². The van der Waals surface area contributed by atoms with Gasteiger partial charge in [0.25, 0.3) is 0 Å². The molecule has 0 aliphatic rings. The normalized spacial score (nSPS) is 10.7. The van der Waals surface area contributed by atoms with Gasteiger partial charge in [0.2, 0.25) is 0 Å². The van der Waals surface area contributed by atoms with Crippen molar-refractivity contribution in [2.24, 2.45) is 0 Å². The molecule has 18 heavy (non-hydrogen) atoms. The van der Waals surface area contributed by atoms with E-state index < -0.39 is 0 Å². The predicted octanol–water partition coefficient (Wildman–Crippen LogP) is 2.97. The molecule has 0 aliphatic carbocycles. The Hall–Kier alpha value is -1.72. The number of hydrogen-bond acceptors (Lipinski definition) is 4. The Morgan fingerprint density at radius 1 is 1.22 bits per heavy atom. The Bertz CT molecular complexity index is 630. The fourth-order valence-corrected chi connectivity index (χ4v) is 2.64. The van der Waals surface area contributed by atoms with Crippen molar-refractivity contribution < 1.29 is 0 Å². The first kappa shape index (κ1) is 11.4. The Kier molecular flexibility index (Phi) is 3.08. The van der Waals surface area contributed by atoms with E-state index in [1.807, 2.05) is 30.6 Å². The number of hydrogen-bond donors (Lipinski definition) is 0. The van der Waals surface area contributed by atoms with E-state index in [1.165, 1.54) is 11.3 Å². The van der Waals surface area contributed by atoms with Gasteiger partial charge in [0.15, 0.2) is 10.3 Å². The highest BCUT2D eigenvalue weighted by Gasteiger charge is 2.03. The van der Waals surface area contributed by atoms with Gasteiger partial charge in [-0.3, -0.25) is 0 Å². The molecule has 0 spiro atoms. The van der Waals surface area contributed by atoms with Crippen LogP contribution >= 0.6 is 22.9 Å². The molecule has 0 aromatic carbocycles. The maximum Gasteiger partial charge on any atom is 0.183 e. The van der Waals surface area contributed by atoms with Gasteiger partial charge in [0, 0.05) is 36.1 Å². The summed E-state index contributed by atoms with van der Waals surface area (Å²) in [6.45, 7) is 0. The van der Waals surface area contributed by atoms with E-state index in [-0.39, 0.29) is 0 Å². The lowest BCUT2D eigenvalue weighted by atomic mass is 10.2. The minimum Gasteiger partial charge on any atom is -0.237 e. The smallest absolute Gasteiger partial charge is 0.183 e. The summed E-state index contributed by atoms with van der Waals surface area (Å²) >= 11 is 7.29. The molecule has 90 valence electrons. The molecule has 4 nitrogen and oxygen atoms in total. The third-order valence-corrected chi connectivity index (χ3v) is 3.57. The molecule has 0 amide bonds. The summed E-state index contributed by atoms with van der Waals surface area (Å²) in [5.74, 6) is 0.811. The van der Waals surface area contributed by atoms with Crippen molar-refractivity contribution >= 4 is 22.9 Å². The topological polar surface area (TPSA) is 43.6 Å². The van der Waals surface area contributed by atoms with Crippen molar-refractivity contribution in [3.8, 4) is 5.82 Å². The van der Waals surface area contributed by atoms with Crippen LogP contribution in [0.2, 0.25) is 4.47 Å². The molecule has 0 atom stereocenters. The molecule has 0 saturated carbocycles. The third kappa shape index (κ3) is 2.42. The molecular formula is C12H9ClN4S. The van der Waals surface area contributed by atoms with Crippen LogP contribution in [-0.2, 0) is 6.42 Å². The molecule has 0 bridgehead atoms. The highest BCUT2D eigenvalue weighted by Crippen LogP contribution is 2.20. The molecule has 0 N–H and O–H groups in total. The monoisotopic (exact) mass is 276 g/mol. The molecule has 6 heteroatoms. The molecule has 0 radical (unpaired) electrons. The van der Waals surface area contributed by atoms with Crippen molar-refractivity contribution in [1.82, 2.24) is 19.7 Å². The second-order valence-electron chi connectivity index (χ2n) is 3.73. The molecule has 0 aliphatic heterocycles. The van der Waals surface area contributed by atoms with E-state index >= 15 is 0 Å². The zero-order chi connectivity index (χ0) is 12.4. The van der Waals surface area contributed by atoms with Gasteiger partial charge in [-0.25, -0.2) is 14.6 Å². The van der Waals surface area contributed by atoms with E-state index in [1.54, 1.807) is 17.1 Å². The van der Waals surface area contributed by atoms with E-state index in [0.29, 0.717) is 4.47 Å². The SMILES string of the molecule is Clc1ncc(Cc2ccc(-n3cccn3)nc2)s1. The molecule has 3 aromatic rings. The summed E-state index contributed by atoms with van der Waals surface area (Å²) in [4.78, 5) is 9.53. The maximum absolute atomic E-state index is 5.80. The fourth-order valence-electron chi connectivity index (χ4n) is 1.63. The zero-order valence-corrected chi connectivity index (χ0v) is 10.9. The van der Waals surface area contributed by atoms with Gasteiger partial charge >= 0.3 is 0 Å². The number of aromatic nitrogens is 4. The summed E-state index contributed by atoms with van der Waals surface area (Å²) in [6.07, 6.45) is 8.05. The summed E-state index contributed by atoms with van der Waals surface area (Å²) in [6, 6.07) is 5.86. The quantitative estimate of drug-likeness (QED) is 0.739. The number of halogens is 1. The summed E-state index contributed by atoms with van der Waals surface area (Å²) in [5.41, 5.74) is 1.13. The fraction of sp³-hybridized carbons (Fsp3) is 0.0833. The predicted molar refractivity (Wildman–Crippen MR) is 71.3 cm³/mol. The summed E-state index contributed by atoms with van der Waals surface area (Å²) in [7, 11) is 0. The Morgan fingerprint density at radius 2 is 2.17 bits per heavy atom. The largest absolute Gasteiger partial charge is 0.237 e. The van der Waals surface area contributed by atoms with Crippen molar-refractivity contribution in [1.29, 1.82) is 0 Å². The average Bonchev–Trinajstić information content (AvgIpc) is 3.02. The van der Waals surface area contributed by atoms with Crippen LogP contribution in [0.5, 0.6) is 0 Å². The minimum absolute atomic E-state index is 0.575. The number of nitrogens with zero attached hydrogens (tertiary/aromatic N) is 4. The molecule has 0 fully saturated rings. The standard InChI is InChI=1S/C12H9ClN4S/c13-12-15-8-10(18-12)6-9-2-3-11(14-7-9)17-5-1-4-16-17/h1-5,7-8H,6H2. The van der Waals surface area contributed by atoms with Gasteiger partial charge in [-0.2, -0.15) is 5.10 Å². The van der Waals surface area contributed by atoms with Crippen LogP contribution in [0, 0.1) is 0 Å². The molecule has 3 aromatic heterocycles. The van der Waals surface area contributed by atoms with Crippen LogP contribution < -0.4 is 0 Å². The highest BCUT2D eigenvalue weighted by atomic mass is 35.5. The Labute approximate surface area is 113 Å². The minimum atomic E-state index is 0.575. The van der Waals surface area contributed by atoms with Crippen LogP contribution in [-0.4, -0.2) is 19.7 Å². The van der Waals surface area contributed by atoms with Gasteiger partial charge < -0.3 is 0 Å². The lowest BCUT2D eigenvalue weighted by molar-refractivity contribution is 0.844. The second kappa shape index (κ2) is 4.88. The van der Waals surface area contributed by atoms with Crippen molar-refractivity contribution in [3.05, 3.63) is 57.9 Å². The van der Waals surface area contributed by atoms with Gasteiger partial charge in [-0.05, 0) is 17.7 Å². The molecule has 0 saturated heterocycles. The summed E-state index contributed by atoms with van der Waals surface area (Å²) < 4.78 is 2.30. The molecule has 0 unspecified atom stereocenters. The van der Waals surface area contributed by atoms with Crippen LogP contribution in [0.15, 0.2) is 43.0 Å². The van der Waals surface area contributed by atoms with Crippen molar-refractivity contribution in [2.45, 2.75) is 6.42 Å². The highest BCUT2D eigenvalue weighted by molar-refractivity contribution is 7.15. The summed E-state index contributed by atoms with van der Waals surface area (Å²) in [5, 5.41) is 4.13. The third-order valence-electron chi connectivity index (χ3n) is 2.45. The van der Waals surface area contributed by atoms with Crippen LogP contribution in [0.3, 0.4) is 0 Å². The number of rotatable bonds is 3. The van der Waals surface area contributed by atoms with E-state index in [0.717, 1.165) is 22.7 Å². The van der Waals surface area contributed by atoms with Crippen LogP contribution in [0.25, 0.3) is 5.82 Å². The lowest BCUT2D eigenvalue weighted by Crippen LogP contribution is -1.98. The molecule has 3 heterocycles. The Balaban J connectivity index is 1.79.